The highest BCUT2D eigenvalue weighted by Gasteiger charge is 2.46. The number of benzene rings is 1. The van der Waals surface area contributed by atoms with Crippen LogP contribution < -0.4 is 15.8 Å². The van der Waals surface area contributed by atoms with Gasteiger partial charge in [0.05, 0.1) is 12.2 Å². The minimum Gasteiger partial charge on any atom is -0.507 e. The van der Waals surface area contributed by atoms with Gasteiger partial charge >= 0.3 is 10.3 Å². The number of aromatic nitrogens is 4. The van der Waals surface area contributed by atoms with Gasteiger partial charge in [0.25, 0.3) is 5.91 Å². The monoisotopic (exact) mass is 493 g/mol. The third-order valence-corrected chi connectivity index (χ3v) is 6.38. The number of nitrogen functional groups attached to an aromatic ring is 1. The van der Waals surface area contributed by atoms with Crippen LogP contribution in [0.2, 0.25) is 0 Å². The Hall–Kier alpha value is -3.57. The van der Waals surface area contributed by atoms with Crippen molar-refractivity contribution in [3.8, 4) is 5.75 Å². The molecular weight excluding hydrogens is 474 g/mol. The van der Waals surface area contributed by atoms with Gasteiger partial charge in [0, 0.05) is 6.54 Å². The number of anilines is 2. The summed E-state index contributed by atoms with van der Waals surface area (Å²) in [6, 6.07) is 4.18. The van der Waals surface area contributed by atoms with E-state index in [1.165, 1.54) is 29.1 Å². The number of fused-ring (bicyclic) bond motifs is 7. The summed E-state index contributed by atoms with van der Waals surface area (Å²) in [6.45, 7) is -0.846. The van der Waals surface area contributed by atoms with Crippen molar-refractivity contribution in [2.75, 3.05) is 17.7 Å². The number of rotatable bonds is 0. The normalized spacial score (nSPS) is 26.7. The zero-order valence-electron chi connectivity index (χ0n) is 17.2. The highest BCUT2D eigenvalue weighted by atomic mass is 32.2. The van der Waals surface area contributed by atoms with E-state index < -0.39 is 53.1 Å². The topological polar surface area (TPSA) is 224 Å². The molecule has 1 fully saturated rings. The number of hydrogen-bond acceptors (Lipinski definition) is 13. The van der Waals surface area contributed by atoms with Gasteiger partial charge in [-0.15, -0.1) is 0 Å². The molecule has 0 unspecified atom stereocenters. The Morgan fingerprint density at radius 2 is 2.00 bits per heavy atom. The van der Waals surface area contributed by atoms with Crippen LogP contribution in [-0.4, -0.2) is 74.1 Å². The van der Waals surface area contributed by atoms with E-state index in [0.29, 0.717) is 0 Å². The molecule has 0 spiro atoms. The number of aromatic hydroxyl groups is 1. The maximum absolute atomic E-state index is 12.7. The molecule has 0 radical (unpaired) electrons. The van der Waals surface area contributed by atoms with Crippen LogP contribution in [-0.2, 0) is 25.8 Å². The van der Waals surface area contributed by atoms with Crippen molar-refractivity contribution in [2.45, 2.75) is 31.1 Å². The quantitative estimate of drug-likeness (QED) is 0.207. The molecule has 15 nitrogen and oxygen atoms in total. The summed E-state index contributed by atoms with van der Waals surface area (Å²) in [5.74, 6) is -1.46. The predicted octanol–water partition coefficient (Wildman–Crippen LogP) is -1.65. The fraction of sp³-hybridized carbons (Fsp3) is 0.333. The standard InChI is InChI=1S/C18H19N7O8S/c19-14-11-15(22-6-21-14)25-17-13(28)12(27)9(33-17)5-32-34(30,31)24-16(29)10-7(2-1-3-8(10)26)4-20-18(25)23-11/h1-3,6,9,12-13,17,26-28H,4-5H2,(H,20,23)(H,24,29)(H2,19,21,22)/t9-,12-,13-,17-/m1/s1. The first kappa shape index (κ1) is 22.2. The van der Waals surface area contributed by atoms with E-state index in [2.05, 4.69) is 20.3 Å². The van der Waals surface area contributed by atoms with Gasteiger partial charge in [0.1, 0.15) is 30.4 Å². The molecule has 7 N–H and O–H groups in total. The molecule has 1 amide bonds. The van der Waals surface area contributed by atoms with Crippen molar-refractivity contribution in [3.63, 3.8) is 0 Å². The maximum Gasteiger partial charge on any atom is 0.362 e. The number of imidazole rings is 1. The SMILES string of the molecule is Nc1ncnc2c1nc1n2[C@@H]2O[C@H](COS(=O)(=O)NC(=O)c3c(O)cccc3CN1)[C@@H](O)[C@H]2O. The number of nitrogens with two attached hydrogens (primary N) is 1. The van der Waals surface area contributed by atoms with Gasteiger partial charge in [-0.1, -0.05) is 12.1 Å². The Labute approximate surface area is 191 Å². The van der Waals surface area contributed by atoms with Crippen LogP contribution in [0.4, 0.5) is 11.8 Å². The second-order valence-electron chi connectivity index (χ2n) is 7.62. The van der Waals surface area contributed by atoms with E-state index in [1.54, 1.807) is 4.72 Å². The van der Waals surface area contributed by atoms with Gasteiger partial charge in [0.2, 0.25) is 5.95 Å². The molecule has 0 saturated carbocycles. The molecule has 4 heterocycles. The van der Waals surface area contributed by atoms with E-state index in [9.17, 15) is 28.5 Å². The number of amides is 1. The summed E-state index contributed by atoms with van der Waals surface area (Å²) < 4.78 is 38.2. The Balaban J connectivity index is 1.67. The minimum absolute atomic E-state index is 0.0427. The number of phenols is 1. The van der Waals surface area contributed by atoms with Crippen LogP contribution in [0.25, 0.3) is 11.2 Å². The van der Waals surface area contributed by atoms with E-state index >= 15 is 0 Å². The maximum atomic E-state index is 12.7. The summed E-state index contributed by atoms with van der Waals surface area (Å²) in [5, 5.41) is 34.3. The second-order valence-corrected chi connectivity index (χ2v) is 8.97. The Kier molecular flexibility index (Phi) is 5.25. The lowest BCUT2D eigenvalue weighted by Gasteiger charge is -2.20. The van der Waals surface area contributed by atoms with Gasteiger partial charge in [0.15, 0.2) is 23.2 Å². The Morgan fingerprint density at radius 1 is 1.21 bits per heavy atom. The highest BCUT2D eigenvalue weighted by Crippen LogP contribution is 2.36. The van der Waals surface area contributed by atoms with Gasteiger partial charge < -0.3 is 31.1 Å². The van der Waals surface area contributed by atoms with Crippen LogP contribution in [0.5, 0.6) is 5.75 Å². The molecule has 2 aliphatic heterocycles. The number of ether oxygens (including phenoxy) is 1. The van der Waals surface area contributed by atoms with Crippen LogP contribution >= 0.6 is 0 Å². The fourth-order valence-electron chi connectivity index (χ4n) is 3.89. The van der Waals surface area contributed by atoms with Gasteiger partial charge in [-0.05, 0) is 11.6 Å². The van der Waals surface area contributed by atoms with Crippen molar-refractivity contribution >= 4 is 39.1 Å². The van der Waals surface area contributed by atoms with Gasteiger partial charge in [-0.3, -0.25) is 13.5 Å². The van der Waals surface area contributed by atoms with Gasteiger partial charge in [-0.2, -0.15) is 8.42 Å². The first-order chi connectivity index (χ1) is 16.2. The smallest absolute Gasteiger partial charge is 0.362 e. The third-order valence-electron chi connectivity index (χ3n) is 5.49. The summed E-state index contributed by atoms with van der Waals surface area (Å²) in [5.41, 5.74) is 6.18. The fourth-order valence-corrected chi connectivity index (χ4v) is 4.59. The lowest BCUT2D eigenvalue weighted by atomic mass is 10.1. The Morgan fingerprint density at radius 3 is 2.79 bits per heavy atom. The molecule has 1 saturated heterocycles. The summed E-state index contributed by atoms with van der Waals surface area (Å²) in [7, 11) is -4.66. The summed E-state index contributed by atoms with van der Waals surface area (Å²) in [6.07, 6.45) is -4.44. The predicted molar refractivity (Wildman–Crippen MR) is 113 cm³/mol. The number of hydrogen-bond donors (Lipinski definition) is 6. The zero-order valence-corrected chi connectivity index (χ0v) is 18.0. The van der Waals surface area contributed by atoms with Crippen molar-refractivity contribution in [1.29, 1.82) is 0 Å². The van der Waals surface area contributed by atoms with Crippen LogP contribution in [0.1, 0.15) is 22.1 Å². The lowest BCUT2D eigenvalue weighted by molar-refractivity contribution is -0.0458. The number of phenolic OH excluding ortho intramolecular Hbond substituents is 1. The molecule has 2 aliphatic rings. The van der Waals surface area contributed by atoms with Crippen molar-refractivity contribution < 1.29 is 37.5 Å². The average Bonchev–Trinajstić information content (AvgIpc) is 3.28. The first-order valence-corrected chi connectivity index (χ1v) is 11.3. The molecule has 2 bridgehead atoms. The molecule has 180 valence electrons. The molecule has 2 aromatic heterocycles. The van der Waals surface area contributed by atoms with Crippen LogP contribution in [0.3, 0.4) is 0 Å². The minimum atomic E-state index is -4.66. The molecule has 5 rings (SSSR count). The first-order valence-electron chi connectivity index (χ1n) is 9.92. The number of aliphatic hydroxyl groups excluding tert-OH is 2. The van der Waals surface area contributed by atoms with Crippen LogP contribution in [0, 0.1) is 0 Å². The largest absolute Gasteiger partial charge is 0.507 e. The van der Waals surface area contributed by atoms with Crippen molar-refractivity contribution in [1.82, 2.24) is 24.2 Å². The van der Waals surface area contributed by atoms with E-state index in [-0.39, 0.29) is 40.6 Å². The molecule has 16 heteroatoms. The number of nitrogens with zero attached hydrogens (tertiary/aromatic N) is 4. The number of carbonyl (C=O) groups is 1. The lowest BCUT2D eigenvalue weighted by Crippen LogP contribution is -2.38. The number of aliphatic hydroxyl groups is 2. The summed E-state index contributed by atoms with van der Waals surface area (Å²) in [4.78, 5) is 25.1. The Bertz CT molecular complexity index is 1390. The second kappa shape index (κ2) is 8.03. The number of carbonyl (C=O) groups excluding carboxylic acids is 1. The summed E-state index contributed by atoms with van der Waals surface area (Å²) >= 11 is 0. The van der Waals surface area contributed by atoms with Crippen molar-refractivity contribution in [2.24, 2.45) is 0 Å². The average molecular weight is 493 g/mol. The number of nitrogens with one attached hydrogen (secondary N) is 2. The molecule has 3 aromatic rings. The molecule has 1 aromatic carbocycles. The van der Waals surface area contributed by atoms with Crippen LogP contribution in [0.15, 0.2) is 24.5 Å². The van der Waals surface area contributed by atoms with E-state index in [1.807, 2.05) is 0 Å². The molecule has 4 atom stereocenters. The van der Waals surface area contributed by atoms with Gasteiger partial charge in [-0.25, -0.2) is 19.7 Å². The molecule has 0 aliphatic carbocycles. The highest BCUT2D eigenvalue weighted by molar-refractivity contribution is 7.85. The van der Waals surface area contributed by atoms with E-state index in [0.717, 1.165) is 0 Å². The van der Waals surface area contributed by atoms with E-state index in [4.69, 9.17) is 14.7 Å². The van der Waals surface area contributed by atoms with Crippen molar-refractivity contribution in [3.05, 3.63) is 35.7 Å². The molecule has 34 heavy (non-hydrogen) atoms. The zero-order chi connectivity index (χ0) is 24.2. The third kappa shape index (κ3) is 3.66. The molecular formula is C18H19N7O8S.